The maximum absolute atomic E-state index is 6.21. The number of nitrogens with two attached hydrogens (primary N) is 1. The van der Waals surface area contributed by atoms with Crippen molar-refractivity contribution >= 4 is 5.82 Å². The van der Waals surface area contributed by atoms with Crippen molar-refractivity contribution < 1.29 is 4.42 Å². The zero-order valence-electron chi connectivity index (χ0n) is 12.9. The van der Waals surface area contributed by atoms with E-state index in [0.717, 1.165) is 6.42 Å². The van der Waals surface area contributed by atoms with E-state index in [1.807, 2.05) is 24.3 Å². The predicted octanol–water partition coefficient (Wildman–Crippen LogP) is 2.75. The highest BCUT2D eigenvalue weighted by Crippen LogP contribution is 2.25. The molecule has 0 aliphatic carbocycles. The zero-order valence-corrected chi connectivity index (χ0v) is 12.9. The molecule has 4 aromatic rings. The van der Waals surface area contributed by atoms with Crippen LogP contribution in [0.25, 0.3) is 23.0 Å². The normalized spacial score (nSPS) is 11.0. The summed E-state index contributed by atoms with van der Waals surface area (Å²) in [6, 6.07) is 13.8. The monoisotopic (exact) mass is 320 g/mol. The summed E-state index contributed by atoms with van der Waals surface area (Å²) in [6.07, 6.45) is 4.14. The summed E-state index contributed by atoms with van der Waals surface area (Å²) in [5, 5.41) is 11.4. The summed E-state index contributed by atoms with van der Waals surface area (Å²) in [5.74, 6) is 2.25. The first-order valence-corrected chi connectivity index (χ1v) is 7.63. The van der Waals surface area contributed by atoms with Gasteiger partial charge in [-0.3, -0.25) is 5.10 Å². The van der Waals surface area contributed by atoms with Gasteiger partial charge >= 0.3 is 0 Å². The molecule has 0 amide bonds. The van der Waals surface area contributed by atoms with Crippen LogP contribution in [0.3, 0.4) is 0 Å². The first-order chi connectivity index (χ1) is 11.8. The quantitative estimate of drug-likeness (QED) is 0.589. The molecule has 7 heteroatoms. The van der Waals surface area contributed by atoms with Crippen molar-refractivity contribution in [3.63, 3.8) is 0 Å². The van der Waals surface area contributed by atoms with Crippen molar-refractivity contribution in [1.29, 1.82) is 0 Å². The second-order valence-corrected chi connectivity index (χ2v) is 5.39. The maximum Gasteiger partial charge on any atom is 0.192 e. The van der Waals surface area contributed by atoms with E-state index in [2.05, 4.69) is 32.4 Å². The molecule has 0 radical (unpaired) electrons. The van der Waals surface area contributed by atoms with Gasteiger partial charge in [0.25, 0.3) is 0 Å². The first-order valence-electron chi connectivity index (χ1n) is 7.63. The third kappa shape index (κ3) is 2.67. The number of nitrogens with zero attached hydrogens (tertiary/aromatic N) is 4. The Labute approximate surface area is 138 Å². The van der Waals surface area contributed by atoms with Crippen molar-refractivity contribution in [2.45, 2.75) is 13.0 Å². The predicted molar refractivity (Wildman–Crippen MR) is 89.9 cm³/mol. The van der Waals surface area contributed by atoms with Crippen molar-refractivity contribution in [1.82, 2.24) is 25.0 Å². The molecule has 0 saturated heterocycles. The highest BCUT2D eigenvalue weighted by atomic mass is 16.3. The number of furan rings is 1. The van der Waals surface area contributed by atoms with Gasteiger partial charge in [0.05, 0.1) is 18.0 Å². The summed E-state index contributed by atoms with van der Waals surface area (Å²) in [7, 11) is 0. The van der Waals surface area contributed by atoms with Gasteiger partial charge in [-0.05, 0) is 24.1 Å². The highest BCUT2D eigenvalue weighted by Gasteiger charge is 2.15. The minimum atomic E-state index is 0.505. The lowest BCUT2D eigenvalue weighted by atomic mass is 10.1. The van der Waals surface area contributed by atoms with E-state index in [-0.39, 0.29) is 0 Å². The second-order valence-electron chi connectivity index (χ2n) is 5.39. The lowest BCUT2D eigenvalue weighted by Crippen LogP contribution is -2.07. The van der Waals surface area contributed by atoms with E-state index in [9.17, 15) is 0 Å². The number of aryl methyl sites for hydroxylation is 2. The number of rotatable bonds is 5. The molecule has 0 fully saturated rings. The Kier molecular flexibility index (Phi) is 3.59. The van der Waals surface area contributed by atoms with Crippen LogP contribution in [-0.4, -0.2) is 25.0 Å². The number of nitrogens with one attached hydrogen (secondary N) is 1. The van der Waals surface area contributed by atoms with Gasteiger partial charge < -0.3 is 10.2 Å². The topological polar surface area (TPSA) is 98.6 Å². The summed E-state index contributed by atoms with van der Waals surface area (Å²) >= 11 is 0. The van der Waals surface area contributed by atoms with Gasteiger partial charge in [-0.15, -0.1) is 0 Å². The third-order valence-corrected chi connectivity index (χ3v) is 3.82. The van der Waals surface area contributed by atoms with Crippen LogP contribution in [0.1, 0.15) is 5.56 Å². The standard InChI is InChI=1S/C17H16N6O/c18-15-13(16-20-17(22-21-16)14-7-4-10-24-14)11-19-23(15)9-8-12-5-2-1-3-6-12/h1-7,10-11H,8-9,18H2,(H,20,21,22). The van der Waals surface area contributed by atoms with Crippen molar-refractivity contribution in [2.24, 2.45) is 0 Å². The number of hydrogen-bond donors (Lipinski definition) is 2. The van der Waals surface area contributed by atoms with E-state index in [1.165, 1.54) is 5.56 Å². The van der Waals surface area contributed by atoms with Crippen LogP contribution in [0, 0.1) is 0 Å². The Morgan fingerprint density at radius 2 is 2.00 bits per heavy atom. The van der Waals surface area contributed by atoms with Gasteiger partial charge in [0, 0.05) is 6.54 Å². The number of hydrogen-bond acceptors (Lipinski definition) is 5. The molecule has 0 bridgehead atoms. The molecular formula is C17H16N6O. The Morgan fingerprint density at radius 3 is 2.79 bits per heavy atom. The molecule has 0 unspecified atom stereocenters. The van der Waals surface area contributed by atoms with Gasteiger partial charge in [0.15, 0.2) is 17.4 Å². The first kappa shape index (κ1) is 14.3. The van der Waals surface area contributed by atoms with Gasteiger partial charge in [0.2, 0.25) is 0 Å². The van der Waals surface area contributed by atoms with Crippen molar-refractivity contribution in [2.75, 3.05) is 5.73 Å². The van der Waals surface area contributed by atoms with Crippen LogP contribution < -0.4 is 5.73 Å². The van der Waals surface area contributed by atoms with Crippen LogP contribution in [0.5, 0.6) is 0 Å². The number of benzene rings is 1. The van der Waals surface area contributed by atoms with Crippen LogP contribution in [0.4, 0.5) is 5.82 Å². The molecule has 0 spiro atoms. The minimum Gasteiger partial charge on any atom is -0.461 e. The van der Waals surface area contributed by atoms with E-state index in [4.69, 9.17) is 10.2 Å². The molecule has 3 aromatic heterocycles. The molecule has 120 valence electrons. The zero-order chi connectivity index (χ0) is 16.4. The Hall–Kier alpha value is -3.35. The molecule has 0 aliphatic heterocycles. The smallest absolute Gasteiger partial charge is 0.192 e. The fourth-order valence-corrected chi connectivity index (χ4v) is 2.53. The van der Waals surface area contributed by atoms with Crippen molar-refractivity contribution in [3.05, 3.63) is 60.5 Å². The van der Waals surface area contributed by atoms with Gasteiger partial charge in [-0.25, -0.2) is 9.67 Å². The second kappa shape index (κ2) is 6.04. The average Bonchev–Trinajstić information content (AvgIpc) is 3.34. The van der Waals surface area contributed by atoms with E-state index in [1.54, 1.807) is 23.2 Å². The molecule has 0 atom stereocenters. The summed E-state index contributed by atoms with van der Waals surface area (Å²) in [4.78, 5) is 4.42. The summed E-state index contributed by atoms with van der Waals surface area (Å²) < 4.78 is 7.08. The van der Waals surface area contributed by atoms with Crippen LogP contribution in [0.2, 0.25) is 0 Å². The fourth-order valence-electron chi connectivity index (χ4n) is 2.53. The maximum atomic E-state index is 6.21. The lowest BCUT2D eigenvalue weighted by molar-refractivity contribution is 0.577. The van der Waals surface area contributed by atoms with E-state index >= 15 is 0 Å². The largest absolute Gasteiger partial charge is 0.461 e. The fraction of sp³-hybridized carbons (Fsp3) is 0.118. The lowest BCUT2D eigenvalue weighted by Gasteiger charge is -2.04. The van der Waals surface area contributed by atoms with Crippen molar-refractivity contribution in [3.8, 4) is 23.0 Å². The third-order valence-electron chi connectivity index (χ3n) is 3.82. The molecular weight excluding hydrogens is 304 g/mol. The van der Waals surface area contributed by atoms with Gasteiger partial charge in [0.1, 0.15) is 5.82 Å². The summed E-state index contributed by atoms with van der Waals surface area (Å²) in [5.41, 5.74) is 8.16. The Morgan fingerprint density at radius 1 is 1.12 bits per heavy atom. The molecule has 3 heterocycles. The van der Waals surface area contributed by atoms with Crippen LogP contribution in [-0.2, 0) is 13.0 Å². The number of aromatic nitrogens is 5. The van der Waals surface area contributed by atoms with Crippen LogP contribution in [0.15, 0.2) is 59.3 Å². The molecule has 24 heavy (non-hydrogen) atoms. The van der Waals surface area contributed by atoms with Gasteiger partial charge in [-0.1, -0.05) is 30.3 Å². The van der Waals surface area contributed by atoms with Crippen LogP contribution >= 0.6 is 0 Å². The highest BCUT2D eigenvalue weighted by molar-refractivity contribution is 5.68. The Balaban J connectivity index is 1.54. The minimum absolute atomic E-state index is 0.505. The number of H-pyrrole nitrogens is 1. The van der Waals surface area contributed by atoms with E-state index in [0.29, 0.717) is 35.3 Å². The summed E-state index contributed by atoms with van der Waals surface area (Å²) in [6.45, 7) is 0.700. The van der Waals surface area contributed by atoms with Gasteiger partial charge in [-0.2, -0.15) is 10.2 Å². The molecule has 0 aliphatic rings. The SMILES string of the molecule is Nc1c(-c2n[nH]c(-c3ccco3)n2)cnn1CCc1ccccc1. The number of nitrogen functional groups attached to an aromatic ring is 1. The molecule has 0 saturated carbocycles. The molecule has 4 rings (SSSR count). The van der Waals surface area contributed by atoms with E-state index < -0.39 is 0 Å². The molecule has 3 N–H and O–H groups in total. The number of aromatic amines is 1. The Bertz CT molecular complexity index is 923. The molecule has 1 aromatic carbocycles. The molecule has 7 nitrogen and oxygen atoms in total. The number of anilines is 1. The average molecular weight is 320 g/mol.